The van der Waals surface area contributed by atoms with Crippen LogP contribution in [0.5, 0.6) is 0 Å². The molecule has 2 heteroatoms. The van der Waals surface area contributed by atoms with Gasteiger partial charge in [0, 0.05) is 18.2 Å². The van der Waals surface area contributed by atoms with Crippen molar-refractivity contribution in [3.05, 3.63) is 53.7 Å². The summed E-state index contributed by atoms with van der Waals surface area (Å²) >= 11 is 0. The number of hydrogen-bond donors (Lipinski definition) is 0. The van der Waals surface area contributed by atoms with Crippen molar-refractivity contribution in [2.24, 2.45) is 5.92 Å². The Morgan fingerprint density at radius 1 is 0.900 bits per heavy atom. The number of pyridine rings is 1. The summed E-state index contributed by atoms with van der Waals surface area (Å²) in [4.78, 5) is 15.3. The highest BCUT2D eigenvalue weighted by molar-refractivity contribution is 5.59. The number of rotatable bonds is 12. The predicted molar refractivity (Wildman–Crippen MR) is 127 cm³/mol. The van der Waals surface area contributed by atoms with Crippen molar-refractivity contribution >= 4 is 6.29 Å². The summed E-state index contributed by atoms with van der Waals surface area (Å²) in [5, 5.41) is 0. The van der Waals surface area contributed by atoms with Crippen molar-refractivity contribution in [1.82, 2.24) is 4.98 Å². The highest BCUT2D eigenvalue weighted by atomic mass is 16.1. The number of carbonyl (C=O) groups is 1. The van der Waals surface area contributed by atoms with E-state index in [2.05, 4.69) is 49.5 Å². The summed E-state index contributed by atoms with van der Waals surface area (Å²) in [6, 6.07) is 13.5. The van der Waals surface area contributed by atoms with E-state index in [-0.39, 0.29) is 0 Å². The molecule has 1 aromatic carbocycles. The van der Waals surface area contributed by atoms with Crippen molar-refractivity contribution in [3.63, 3.8) is 0 Å². The van der Waals surface area contributed by atoms with Crippen LogP contribution >= 0.6 is 0 Å². The van der Waals surface area contributed by atoms with Gasteiger partial charge in [0.2, 0.25) is 0 Å². The Hall–Kier alpha value is -1.96. The molecule has 0 spiro atoms. The molecule has 2 nitrogen and oxygen atoms in total. The van der Waals surface area contributed by atoms with Gasteiger partial charge in [-0.25, -0.2) is 0 Å². The highest BCUT2D eigenvalue weighted by Crippen LogP contribution is 2.37. The van der Waals surface area contributed by atoms with Gasteiger partial charge in [-0.2, -0.15) is 0 Å². The topological polar surface area (TPSA) is 30.0 Å². The lowest BCUT2D eigenvalue weighted by Gasteiger charge is -2.28. The van der Waals surface area contributed by atoms with Gasteiger partial charge >= 0.3 is 0 Å². The van der Waals surface area contributed by atoms with Crippen LogP contribution in [0.15, 0.2) is 42.6 Å². The number of nitrogens with zero attached hydrogens (tertiary/aromatic N) is 1. The molecule has 2 aromatic rings. The van der Waals surface area contributed by atoms with E-state index in [4.69, 9.17) is 4.98 Å². The number of aromatic nitrogens is 1. The van der Waals surface area contributed by atoms with E-state index in [9.17, 15) is 4.79 Å². The van der Waals surface area contributed by atoms with Crippen molar-refractivity contribution in [2.75, 3.05) is 0 Å². The molecular formula is C28H39NO. The van der Waals surface area contributed by atoms with Crippen LogP contribution < -0.4 is 0 Å². The molecule has 0 unspecified atom stereocenters. The molecule has 1 fully saturated rings. The van der Waals surface area contributed by atoms with Crippen molar-refractivity contribution < 1.29 is 4.79 Å². The van der Waals surface area contributed by atoms with Crippen molar-refractivity contribution in [3.8, 4) is 11.3 Å². The molecule has 162 valence electrons. The third kappa shape index (κ3) is 7.07. The Labute approximate surface area is 183 Å². The maximum atomic E-state index is 10.6. The van der Waals surface area contributed by atoms with Gasteiger partial charge in [-0.15, -0.1) is 0 Å². The molecule has 1 aliphatic carbocycles. The van der Waals surface area contributed by atoms with Gasteiger partial charge in [0.05, 0.1) is 5.69 Å². The fourth-order valence-corrected chi connectivity index (χ4v) is 4.87. The Kier molecular flexibility index (Phi) is 9.60. The van der Waals surface area contributed by atoms with E-state index in [0.717, 1.165) is 37.2 Å². The van der Waals surface area contributed by atoms with Crippen LogP contribution in [0.3, 0.4) is 0 Å². The number of unbranched alkanes of at least 4 members (excludes halogenated alkanes) is 5. The lowest BCUT2D eigenvalue weighted by atomic mass is 9.77. The van der Waals surface area contributed by atoms with Gasteiger partial charge in [0.25, 0.3) is 0 Å². The molecule has 0 radical (unpaired) electrons. The van der Waals surface area contributed by atoms with Gasteiger partial charge in [0.15, 0.2) is 0 Å². The van der Waals surface area contributed by atoms with Gasteiger partial charge in [-0.05, 0) is 74.0 Å². The standard InChI is InChI=1S/C28H39NO/c1-2-3-4-5-6-7-9-24-13-20-28(29-22-24)27-18-16-26(17-19-27)25-14-11-23(12-15-25)10-8-21-30/h13,16-23,25H,2-12,14-15H2,1H3/t23-,25-. The second-order valence-corrected chi connectivity index (χ2v) is 9.15. The average molecular weight is 406 g/mol. The van der Waals surface area contributed by atoms with Crippen LogP contribution in [-0.4, -0.2) is 11.3 Å². The van der Waals surface area contributed by atoms with Crippen LogP contribution in [0.2, 0.25) is 0 Å². The first-order valence-electron chi connectivity index (χ1n) is 12.3. The van der Waals surface area contributed by atoms with Crippen LogP contribution in [-0.2, 0) is 11.2 Å². The molecule has 0 aliphatic heterocycles. The Morgan fingerprint density at radius 2 is 1.63 bits per heavy atom. The summed E-state index contributed by atoms with van der Waals surface area (Å²) in [5.74, 6) is 1.43. The SMILES string of the molecule is CCCCCCCCc1ccc(-c2ccc([C@H]3CC[C@H](CCC=O)CC3)cc2)nc1. The molecule has 0 saturated heterocycles. The van der Waals surface area contributed by atoms with E-state index in [1.54, 1.807) is 0 Å². The molecule has 1 heterocycles. The molecule has 1 saturated carbocycles. The second-order valence-electron chi connectivity index (χ2n) is 9.15. The molecule has 0 N–H and O–H groups in total. The zero-order chi connectivity index (χ0) is 21.0. The fraction of sp³-hybridized carbons (Fsp3) is 0.571. The molecule has 3 rings (SSSR count). The maximum absolute atomic E-state index is 10.6. The number of aryl methyl sites for hydroxylation is 1. The minimum absolute atomic E-state index is 0.680. The first-order valence-corrected chi connectivity index (χ1v) is 12.3. The zero-order valence-electron chi connectivity index (χ0n) is 18.8. The fourth-order valence-electron chi connectivity index (χ4n) is 4.87. The van der Waals surface area contributed by atoms with Gasteiger partial charge in [-0.1, -0.05) is 69.4 Å². The van der Waals surface area contributed by atoms with Crippen molar-refractivity contribution in [1.29, 1.82) is 0 Å². The predicted octanol–water partition coefficient (Wildman–Crippen LogP) is 7.90. The van der Waals surface area contributed by atoms with Crippen LogP contribution in [0.1, 0.15) is 101 Å². The largest absolute Gasteiger partial charge is 0.303 e. The smallest absolute Gasteiger partial charge is 0.120 e. The minimum Gasteiger partial charge on any atom is -0.303 e. The Balaban J connectivity index is 1.46. The van der Waals surface area contributed by atoms with E-state index in [1.807, 2.05) is 0 Å². The lowest BCUT2D eigenvalue weighted by Crippen LogP contribution is -2.13. The molecule has 0 bridgehead atoms. The van der Waals surface area contributed by atoms with Crippen LogP contribution in [0.25, 0.3) is 11.3 Å². The third-order valence-electron chi connectivity index (χ3n) is 6.86. The molecule has 30 heavy (non-hydrogen) atoms. The maximum Gasteiger partial charge on any atom is 0.120 e. The lowest BCUT2D eigenvalue weighted by molar-refractivity contribution is -0.108. The van der Waals surface area contributed by atoms with E-state index >= 15 is 0 Å². The van der Waals surface area contributed by atoms with E-state index in [0.29, 0.717) is 5.92 Å². The van der Waals surface area contributed by atoms with Gasteiger partial charge in [0.1, 0.15) is 6.29 Å². The first-order chi connectivity index (χ1) is 14.8. The molecule has 1 aliphatic rings. The summed E-state index contributed by atoms with van der Waals surface area (Å²) in [5.41, 5.74) is 5.11. The third-order valence-corrected chi connectivity index (χ3v) is 6.86. The van der Waals surface area contributed by atoms with E-state index in [1.165, 1.54) is 80.9 Å². The van der Waals surface area contributed by atoms with Crippen LogP contribution in [0.4, 0.5) is 0 Å². The molecular weight excluding hydrogens is 366 g/mol. The summed E-state index contributed by atoms with van der Waals surface area (Å²) in [6.45, 7) is 2.27. The summed E-state index contributed by atoms with van der Waals surface area (Å²) < 4.78 is 0. The quantitative estimate of drug-likeness (QED) is 0.265. The molecule has 0 atom stereocenters. The van der Waals surface area contributed by atoms with Gasteiger partial charge in [-0.3, -0.25) is 4.98 Å². The summed E-state index contributed by atoms with van der Waals surface area (Å²) in [7, 11) is 0. The number of aldehydes is 1. The Morgan fingerprint density at radius 3 is 2.30 bits per heavy atom. The normalized spacial score (nSPS) is 19.0. The van der Waals surface area contributed by atoms with Gasteiger partial charge < -0.3 is 4.79 Å². The zero-order valence-corrected chi connectivity index (χ0v) is 18.8. The Bertz CT molecular complexity index is 726. The summed E-state index contributed by atoms with van der Waals surface area (Å²) in [6.07, 6.45) is 19.2. The molecule has 1 aromatic heterocycles. The second kappa shape index (κ2) is 12.7. The van der Waals surface area contributed by atoms with Crippen molar-refractivity contribution in [2.45, 2.75) is 96.3 Å². The first kappa shape index (κ1) is 22.7. The van der Waals surface area contributed by atoms with E-state index < -0.39 is 0 Å². The minimum atomic E-state index is 0.680. The highest BCUT2D eigenvalue weighted by Gasteiger charge is 2.22. The number of benzene rings is 1. The molecule has 0 amide bonds. The number of carbonyl (C=O) groups excluding carboxylic acids is 1. The van der Waals surface area contributed by atoms with Crippen LogP contribution in [0, 0.1) is 5.92 Å². The average Bonchev–Trinajstić information content (AvgIpc) is 2.81. The number of hydrogen-bond acceptors (Lipinski definition) is 2. The monoisotopic (exact) mass is 405 g/mol.